The number of benzene rings is 2. The highest BCUT2D eigenvalue weighted by Gasteiger charge is 2.17. The first-order valence-electron chi connectivity index (χ1n) is 6.06. The summed E-state index contributed by atoms with van der Waals surface area (Å²) in [6.07, 6.45) is 0. The average Bonchev–Trinajstić information content (AvgIpc) is 2.94. The molecule has 100 valence electrons. The molecule has 0 aliphatic rings. The first-order valence-corrected chi connectivity index (χ1v) is 6.86. The first kappa shape index (κ1) is 12.9. The van der Waals surface area contributed by atoms with Gasteiger partial charge in [-0.25, -0.2) is 0 Å². The van der Waals surface area contributed by atoms with Crippen molar-refractivity contribution >= 4 is 32.7 Å². The highest BCUT2D eigenvalue weighted by Crippen LogP contribution is 2.34. The van der Waals surface area contributed by atoms with Crippen LogP contribution in [0.25, 0.3) is 11.0 Å². The van der Waals surface area contributed by atoms with Gasteiger partial charge in [-0.2, -0.15) is 0 Å². The summed E-state index contributed by atoms with van der Waals surface area (Å²) in [5, 5.41) is 0.779. The highest BCUT2D eigenvalue weighted by molar-refractivity contribution is 9.10. The maximum absolute atomic E-state index is 12.4. The minimum atomic E-state index is -0.143. The molecule has 3 nitrogen and oxygen atoms in total. The lowest BCUT2D eigenvalue weighted by Crippen LogP contribution is -1.98. The van der Waals surface area contributed by atoms with E-state index in [2.05, 4.69) is 15.9 Å². The van der Waals surface area contributed by atoms with Crippen LogP contribution in [0.2, 0.25) is 0 Å². The van der Waals surface area contributed by atoms with E-state index in [1.807, 2.05) is 30.3 Å². The zero-order valence-electron chi connectivity index (χ0n) is 10.7. The maximum Gasteiger partial charge on any atom is 0.228 e. The van der Waals surface area contributed by atoms with Crippen molar-refractivity contribution in [2.45, 2.75) is 0 Å². The van der Waals surface area contributed by atoms with Crippen LogP contribution in [0.5, 0.6) is 5.75 Å². The molecule has 20 heavy (non-hydrogen) atoms. The SMILES string of the molecule is COc1ccc(Br)c2oc(C(=O)c3ccccc3)cc12. The number of carbonyl (C=O) groups excluding carboxylic acids is 1. The number of furan rings is 1. The Morgan fingerprint density at radius 2 is 1.90 bits per heavy atom. The summed E-state index contributed by atoms with van der Waals surface area (Å²) in [5.74, 6) is 0.839. The third-order valence-electron chi connectivity index (χ3n) is 3.08. The van der Waals surface area contributed by atoms with Crippen LogP contribution in [-0.2, 0) is 0 Å². The molecular formula is C16H11BrO3. The Kier molecular flexibility index (Phi) is 3.32. The third-order valence-corrected chi connectivity index (χ3v) is 3.70. The number of rotatable bonds is 3. The Balaban J connectivity index is 2.14. The van der Waals surface area contributed by atoms with E-state index in [0.717, 1.165) is 9.86 Å². The number of carbonyl (C=O) groups is 1. The fourth-order valence-electron chi connectivity index (χ4n) is 2.09. The second-order valence-corrected chi connectivity index (χ2v) is 5.15. The lowest BCUT2D eigenvalue weighted by molar-refractivity contribution is 0.101. The molecule has 0 aliphatic carbocycles. The third kappa shape index (κ3) is 2.12. The number of hydrogen-bond acceptors (Lipinski definition) is 3. The molecule has 1 aromatic heterocycles. The molecule has 0 radical (unpaired) electrons. The summed E-state index contributed by atoms with van der Waals surface area (Å²) >= 11 is 3.42. The van der Waals surface area contributed by atoms with Gasteiger partial charge >= 0.3 is 0 Å². The Morgan fingerprint density at radius 1 is 1.15 bits per heavy atom. The summed E-state index contributed by atoms with van der Waals surface area (Å²) in [6, 6.07) is 14.4. The van der Waals surface area contributed by atoms with Gasteiger partial charge in [-0.05, 0) is 34.1 Å². The quantitative estimate of drug-likeness (QED) is 0.666. The topological polar surface area (TPSA) is 39.4 Å². The lowest BCUT2D eigenvalue weighted by atomic mass is 10.1. The van der Waals surface area contributed by atoms with Gasteiger partial charge in [-0.1, -0.05) is 30.3 Å². The summed E-state index contributed by atoms with van der Waals surface area (Å²) in [6.45, 7) is 0. The monoisotopic (exact) mass is 330 g/mol. The van der Waals surface area contributed by atoms with Crippen molar-refractivity contribution in [3.8, 4) is 5.75 Å². The van der Waals surface area contributed by atoms with Crippen LogP contribution in [0.4, 0.5) is 0 Å². The van der Waals surface area contributed by atoms with Crippen molar-refractivity contribution in [3.05, 3.63) is 64.3 Å². The number of ether oxygens (including phenoxy) is 1. The van der Waals surface area contributed by atoms with E-state index >= 15 is 0 Å². The summed E-state index contributed by atoms with van der Waals surface area (Å²) < 4.78 is 11.8. The predicted molar refractivity (Wildman–Crippen MR) is 80.3 cm³/mol. The van der Waals surface area contributed by atoms with Gasteiger partial charge in [-0.15, -0.1) is 0 Å². The van der Waals surface area contributed by atoms with Crippen LogP contribution in [0.15, 0.2) is 57.4 Å². The van der Waals surface area contributed by atoms with Crippen LogP contribution in [0.1, 0.15) is 16.1 Å². The summed E-state index contributed by atoms with van der Waals surface area (Å²) in [4.78, 5) is 12.4. The van der Waals surface area contributed by atoms with Crippen molar-refractivity contribution in [1.82, 2.24) is 0 Å². The van der Waals surface area contributed by atoms with Crippen molar-refractivity contribution in [1.29, 1.82) is 0 Å². The summed E-state index contributed by atoms with van der Waals surface area (Å²) in [5.41, 5.74) is 1.21. The van der Waals surface area contributed by atoms with E-state index in [9.17, 15) is 4.79 Å². The number of fused-ring (bicyclic) bond motifs is 1. The molecule has 0 saturated heterocycles. The Bertz CT molecular complexity index is 775. The van der Waals surface area contributed by atoms with Crippen molar-refractivity contribution < 1.29 is 13.9 Å². The molecule has 2 aromatic carbocycles. The lowest BCUT2D eigenvalue weighted by Gasteiger charge is -2.00. The standard InChI is InChI=1S/C16H11BrO3/c1-19-13-8-7-12(17)16-11(13)9-14(20-16)15(18)10-5-3-2-4-6-10/h2-9H,1H3. The van der Waals surface area contributed by atoms with Crippen LogP contribution < -0.4 is 4.74 Å². The minimum Gasteiger partial charge on any atom is -0.496 e. The van der Waals surface area contributed by atoms with E-state index in [1.165, 1.54) is 0 Å². The van der Waals surface area contributed by atoms with Crippen LogP contribution in [0, 0.1) is 0 Å². The molecule has 0 fully saturated rings. The van der Waals surface area contributed by atoms with Crippen molar-refractivity contribution in [2.75, 3.05) is 7.11 Å². The van der Waals surface area contributed by atoms with E-state index < -0.39 is 0 Å². The molecule has 3 aromatic rings. The molecule has 0 atom stereocenters. The molecular weight excluding hydrogens is 320 g/mol. The molecule has 0 unspecified atom stereocenters. The van der Waals surface area contributed by atoms with Gasteiger partial charge in [0, 0.05) is 5.56 Å². The summed E-state index contributed by atoms with van der Waals surface area (Å²) in [7, 11) is 1.59. The van der Waals surface area contributed by atoms with Crippen LogP contribution >= 0.6 is 15.9 Å². The van der Waals surface area contributed by atoms with E-state index in [4.69, 9.17) is 9.15 Å². The first-order chi connectivity index (χ1) is 9.70. The van der Waals surface area contributed by atoms with Gasteiger partial charge in [-0.3, -0.25) is 4.79 Å². The molecule has 4 heteroatoms. The number of ketones is 1. The fraction of sp³-hybridized carbons (Fsp3) is 0.0625. The zero-order chi connectivity index (χ0) is 14.1. The molecule has 1 heterocycles. The molecule has 0 amide bonds. The molecule has 0 aliphatic heterocycles. The van der Waals surface area contributed by atoms with E-state index in [1.54, 1.807) is 25.3 Å². The molecule has 0 saturated carbocycles. The van der Waals surface area contributed by atoms with Crippen LogP contribution in [0.3, 0.4) is 0 Å². The predicted octanol–water partition coefficient (Wildman–Crippen LogP) is 4.43. The van der Waals surface area contributed by atoms with Gasteiger partial charge in [0.05, 0.1) is 17.0 Å². The zero-order valence-corrected chi connectivity index (χ0v) is 12.3. The number of halogens is 1. The van der Waals surface area contributed by atoms with Crippen molar-refractivity contribution in [2.24, 2.45) is 0 Å². The Hall–Kier alpha value is -2.07. The Morgan fingerprint density at radius 3 is 2.60 bits per heavy atom. The largest absolute Gasteiger partial charge is 0.496 e. The van der Waals surface area contributed by atoms with Gasteiger partial charge in [0.25, 0.3) is 0 Å². The Labute approximate surface area is 124 Å². The minimum absolute atomic E-state index is 0.143. The maximum atomic E-state index is 12.4. The van der Waals surface area contributed by atoms with Crippen molar-refractivity contribution in [3.63, 3.8) is 0 Å². The molecule has 3 rings (SSSR count). The highest BCUT2D eigenvalue weighted by atomic mass is 79.9. The van der Waals surface area contributed by atoms with Gasteiger partial charge in [0.15, 0.2) is 11.3 Å². The molecule has 0 spiro atoms. The molecule has 0 bridgehead atoms. The van der Waals surface area contributed by atoms with E-state index in [0.29, 0.717) is 22.7 Å². The van der Waals surface area contributed by atoms with Gasteiger partial charge < -0.3 is 9.15 Å². The second-order valence-electron chi connectivity index (χ2n) is 4.30. The van der Waals surface area contributed by atoms with Gasteiger partial charge in [0.2, 0.25) is 5.78 Å². The van der Waals surface area contributed by atoms with Gasteiger partial charge in [0.1, 0.15) is 5.75 Å². The smallest absolute Gasteiger partial charge is 0.228 e. The second kappa shape index (κ2) is 5.13. The molecule has 0 N–H and O–H groups in total. The number of methoxy groups -OCH3 is 1. The normalized spacial score (nSPS) is 10.7. The average molecular weight is 331 g/mol. The number of hydrogen-bond donors (Lipinski definition) is 0. The fourth-order valence-corrected chi connectivity index (χ4v) is 2.51. The van der Waals surface area contributed by atoms with Crippen LogP contribution in [-0.4, -0.2) is 12.9 Å². The van der Waals surface area contributed by atoms with E-state index in [-0.39, 0.29) is 5.78 Å².